The molecule has 0 spiro atoms. The van der Waals surface area contributed by atoms with Crippen LogP contribution in [0.5, 0.6) is 5.75 Å². The Balaban J connectivity index is 1.71. The van der Waals surface area contributed by atoms with E-state index in [0.717, 1.165) is 30.8 Å². The third kappa shape index (κ3) is 4.34. The molecular weight excluding hydrogens is 360 g/mol. The maximum atomic E-state index is 13.2. The predicted octanol–water partition coefficient (Wildman–Crippen LogP) is 3.13. The van der Waals surface area contributed by atoms with Crippen molar-refractivity contribution in [1.82, 2.24) is 9.21 Å². The Morgan fingerprint density at radius 1 is 0.926 bits per heavy atom. The molecule has 0 aromatic heterocycles. The van der Waals surface area contributed by atoms with Crippen LogP contribution in [0.4, 0.5) is 0 Å². The number of sulfonamides is 1. The largest absolute Gasteiger partial charge is 0.495 e. The first-order valence-corrected chi connectivity index (χ1v) is 10.7. The van der Waals surface area contributed by atoms with E-state index < -0.39 is 10.0 Å². The molecule has 1 aliphatic rings. The van der Waals surface area contributed by atoms with Gasteiger partial charge in [-0.25, -0.2) is 8.42 Å². The van der Waals surface area contributed by atoms with Crippen LogP contribution in [0.15, 0.2) is 41.3 Å². The van der Waals surface area contributed by atoms with E-state index in [9.17, 15) is 8.42 Å². The zero-order valence-corrected chi connectivity index (χ0v) is 17.3. The number of ether oxygens (including phenoxy) is 1. The minimum Gasteiger partial charge on any atom is -0.495 e. The van der Waals surface area contributed by atoms with Gasteiger partial charge in [-0.3, -0.25) is 4.90 Å². The zero-order valence-electron chi connectivity index (χ0n) is 16.5. The number of rotatable bonds is 5. The predicted molar refractivity (Wildman–Crippen MR) is 108 cm³/mol. The van der Waals surface area contributed by atoms with Crippen molar-refractivity contribution in [2.75, 3.05) is 33.3 Å². The highest BCUT2D eigenvalue weighted by Gasteiger charge is 2.31. The normalized spacial score (nSPS) is 16.4. The molecule has 6 heteroatoms. The smallest absolute Gasteiger partial charge is 0.246 e. The van der Waals surface area contributed by atoms with Crippen LogP contribution in [-0.4, -0.2) is 50.9 Å². The molecule has 0 atom stereocenters. The number of benzene rings is 2. The summed E-state index contributed by atoms with van der Waals surface area (Å²) in [4.78, 5) is 2.56. The molecule has 0 unspecified atom stereocenters. The third-order valence-electron chi connectivity index (χ3n) is 5.26. The van der Waals surface area contributed by atoms with Crippen LogP contribution in [0, 0.1) is 20.8 Å². The molecule has 1 fully saturated rings. The molecule has 27 heavy (non-hydrogen) atoms. The van der Waals surface area contributed by atoms with E-state index in [2.05, 4.69) is 36.1 Å². The molecule has 1 saturated heterocycles. The second kappa shape index (κ2) is 8.00. The molecule has 2 aromatic rings. The highest BCUT2D eigenvalue weighted by molar-refractivity contribution is 7.89. The summed E-state index contributed by atoms with van der Waals surface area (Å²) >= 11 is 0. The lowest BCUT2D eigenvalue weighted by Crippen LogP contribution is -2.48. The molecule has 0 N–H and O–H groups in total. The van der Waals surface area contributed by atoms with Crippen molar-refractivity contribution in [2.24, 2.45) is 0 Å². The molecule has 0 aliphatic carbocycles. The molecular formula is C21H28N2O3S. The Bertz CT molecular complexity index is 900. The van der Waals surface area contributed by atoms with Crippen LogP contribution >= 0.6 is 0 Å². The number of nitrogens with zero attached hydrogens (tertiary/aromatic N) is 2. The zero-order chi connectivity index (χ0) is 19.6. The van der Waals surface area contributed by atoms with Gasteiger partial charge >= 0.3 is 0 Å². The average Bonchev–Trinajstić information content (AvgIpc) is 2.66. The Morgan fingerprint density at radius 3 is 2.11 bits per heavy atom. The fourth-order valence-electron chi connectivity index (χ4n) is 3.34. The summed E-state index contributed by atoms with van der Waals surface area (Å²) in [6.45, 7) is 9.23. The first-order valence-electron chi connectivity index (χ1n) is 9.24. The van der Waals surface area contributed by atoms with Gasteiger partial charge < -0.3 is 4.74 Å². The van der Waals surface area contributed by atoms with E-state index in [-0.39, 0.29) is 4.90 Å². The molecule has 1 aliphatic heterocycles. The van der Waals surface area contributed by atoms with Crippen LogP contribution in [0.25, 0.3) is 0 Å². The van der Waals surface area contributed by atoms with E-state index in [4.69, 9.17) is 4.74 Å². The number of hydrogen-bond acceptors (Lipinski definition) is 4. The molecule has 0 saturated carbocycles. The van der Waals surface area contributed by atoms with Gasteiger partial charge in [0.05, 0.1) is 7.11 Å². The van der Waals surface area contributed by atoms with Crippen molar-refractivity contribution in [3.8, 4) is 5.75 Å². The highest BCUT2D eigenvalue weighted by Crippen LogP contribution is 2.30. The summed E-state index contributed by atoms with van der Waals surface area (Å²) in [7, 11) is -2.05. The monoisotopic (exact) mass is 388 g/mol. The van der Waals surface area contributed by atoms with Crippen molar-refractivity contribution < 1.29 is 13.2 Å². The summed E-state index contributed by atoms with van der Waals surface area (Å²) < 4.78 is 33.2. The first kappa shape index (κ1) is 19.9. The molecule has 0 radical (unpaired) electrons. The minimum absolute atomic E-state index is 0.264. The Labute approximate surface area is 162 Å². The number of hydrogen-bond donors (Lipinski definition) is 0. The maximum Gasteiger partial charge on any atom is 0.246 e. The molecule has 2 aromatic carbocycles. The average molecular weight is 389 g/mol. The quantitative estimate of drug-likeness (QED) is 0.790. The summed E-state index contributed by atoms with van der Waals surface area (Å²) in [6.07, 6.45) is 0. The van der Waals surface area contributed by atoms with E-state index in [1.807, 2.05) is 13.8 Å². The second-order valence-corrected chi connectivity index (χ2v) is 9.16. The van der Waals surface area contributed by atoms with Crippen LogP contribution in [-0.2, 0) is 16.6 Å². The van der Waals surface area contributed by atoms with Crippen molar-refractivity contribution in [3.63, 3.8) is 0 Å². The van der Waals surface area contributed by atoms with Crippen molar-refractivity contribution in [2.45, 2.75) is 32.2 Å². The summed E-state index contributed by atoms with van der Waals surface area (Å²) in [5, 5.41) is 0. The Morgan fingerprint density at radius 2 is 1.52 bits per heavy atom. The highest BCUT2D eigenvalue weighted by atomic mass is 32.2. The number of methoxy groups -OCH3 is 1. The minimum atomic E-state index is -3.56. The Hall–Kier alpha value is -1.89. The summed E-state index contributed by atoms with van der Waals surface area (Å²) in [6, 6.07) is 12.0. The third-order valence-corrected chi connectivity index (χ3v) is 7.18. The fourth-order valence-corrected chi connectivity index (χ4v) is 4.99. The second-order valence-electron chi connectivity index (χ2n) is 7.25. The van der Waals surface area contributed by atoms with Crippen molar-refractivity contribution >= 4 is 10.0 Å². The van der Waals surface area contributed by atoms with Gasteiger partial charge in [0.1, 0.15) is 10.6 Å². The van der Waals surface area contributed by atoms with E-state index in [1.54, 1.807) is 16.4 Å². The molecule has 146 valence electrons. The van der Waals surface area contributed by atoms with Gasteiger partial charge in [0.2, 0.25) is 10.0 Å². The molecule has 0 bridgehead atoms. The SMILES string of the molecule is COc1cc(C)c(C)cc1S(=O)(=O)N1CCN(Cc2ccc(C)cc2)CC1. The van der Waals surface area contributed by atoms with E-state index in [1.165, 1.54) is 18.2 Å². The first-order chi connectivity index (χ1) is 12.8. The van der Waals surface area contributed by atoms with Gasteiger partial charge in [0.15, 0.2) is 0 Å². The molecule has 5 nitrogen and oxygen atoms in total. The van der Waals surface area contributed by atoms with E-state index >= 15 is 0 Å². The summed E-state index contributed by atoms with van der Waals surface area (Å²) in [5.74, 6) is 0.417. The number of piperazine rings is 1. The lowest BCUT2D eigenvalue weighted by atomic mass is 10.1. The number of aryl methyl sites for hydroxylation is 3. The van der Waals surface area contributed by atoms with Crippen molar-refractivity contribution in [3.05, 3.63) is 58.7 Å². The van der Waals surface area contributed by atoms with Gasteiger partial charge in [0, 0.05) is 32.7 Å². The van der Waals surface area contributed by atoms with Gasteiger partial charge in [-0.05, 0) is 49.6 Å². The lowest BCUT2D eigenvalue weighted by molar-refractivity contribution is 0.181. The van der Waals surface area contributed by atoms with Gasteiger partial charge in [-0.1, -0.05) is 29.8 Å². The standard InChI is InChI=1S/C21H28N2O3S/c1-16-5-7-19(8-6-16)15-22-9-11-23(12-10-22)27(24,25)21-14-18(3)17(2)13-20(21)26-4/h5-8,13-14H,9-12,15H2,1-4H3. The van der Waals surface area contributed by atoms with Crippen LogP contribution < -0.4 is 4.74 Å². The van der Waals surface area contributed by atoms with Crippen LogP contribution in [0.1, 0.15) is 22.3 Å². The van der Waals surface area contributed by atoms with E-state index in [0.29, 0.717) is 18.8 Å². The van der Waals surface area contributed by atoms with Gasteiger partial charge in [-0.15, -0.1) is 0 Å². The van der Waals surface area contributed by atoms with Crippen molar-refractivity contribution in [1.29, 1.82) is 0 Å². The lowest BCUT2D eigenvalue weighted by Gasteiger charge is -2.34. The molecule has 1 heterocycles. The van der Waals surface area contributed by atoms with Crippen LogP contribution in [0.3, 0.4) is 0 Å². The maximum absolute atomic E-state index is 13.2. The Kier molecular flexibility index (Phi) is 5.89. The molecule has 0 amide bonds. The topological polar surface area (TPSA) is 49.9 Å². The fraction of sp³-hybridized carbons (Fsp3) is 0.429. The van der Waals surface area contributed by atoms with Crippen LogP contribution in [0.2, 0.25) is 0 Å². The van der Waals surface area contributed by atoms with Gasteiger partial charge in [-0.2, -0.15) is 4.31 Å². The summed E-state index contributed by atoms with van der Waals surface area (Å²) in [5.41, 5.74) is 4.48. The van der Waals surface area contributed by atoms with Gasteiger partial charge in [0.25, 0.3) is 0 Å². The molecule has 3 rings (SSSR count).